The van der Waals surface area contributed by atoms with Crippen LogP contribution < -0.4 is 0 Å². The van der Waals surface area contributed by atoms with Crippen LogP contribution in [0.4, 0.5) is 0 Å². The molecule has 0 aliphatic heterocycles. The molecule has 0 radical (unpaired) electrons. The second-order valence-corrected chi connectivity index (χ2v) is 5.08. The number of benzene rings is 2. The van der Waals surface area contributed by atoms with Crippen LogP contribution in [0.5, 0.6) is 0 Å². The molecule has 2 nitrogen and oxygen atoms in total. The summed E-state index contributed by atoms with van der Waals surface area (Å²) >= 11 is 0. The van der Waals surface area contributed by atoms with Gasteiger partial charge in [-0.05, 0) is 24.3 Å². The summed E-state index contributed by atoms with van der Waals surface area (Å²) in [6, 6.07) is 16.9. The molecule has 0 N–H and O–H groups in total. The normalized spacial score (nSPS) is 10.5. The first-order chi connectivity index (χ1) is 7.21. The molecule has 0 atom stereocenters. The zero-order valence-electron chi connectivity index (χ0n) is 10.7. The molecule has 0 aliphatic rings. The van der Waals surface area contributed by atoms with Crippen molar-refractivity contribution in [3.63, 3.8) is 0 Å². The summed E-state index contributed by atoms with van der Waals surface area (Å²) in [6.45, 7) is 0. The monoisotopic (exact) mass is 260 g/mol. The first kappa shape index (κ1) is 13.7. The Balaban J connectivity index is 0. The van der Waals surface area contributed by atoms with Gasteiger partial charge in [-0.3, -0.25) is 0 Å². The van der Waals surface area contributed by atoms with Crippen molar-refractivity contribution in [2.24, 2.45) is 0 Å². The molecule has 0 bridgehead atoms. The fourth-order valence-corrected chi connectivity index (χ4v) is 2.64. The van der Waals surface area contributed by atoms with Crippen LogP contribution in [0.2, 0.25) is 0 Å². The van der Waals surface area contributed by atoms with E-state index in [1.165, 1.54) is 0 Å². The van der Waals surface area contributed by atoms with E-state index in [2.05, 4.69) is 0 Å². The molecule has 0 amide bonds. The van der Waals surface area contributed by atoms with Crippen molar-refractivity contribution in [1.82, 2.24) is 0 Å². The molecule has 80 valence electrons. The van der Waals surface area contributed by atoms with Gasteiger partial charge in [0.25, 0.3) is 0 Å². The van der Waals surface area contributed by atoms with E-state index in [0.717, 1.165) is 0 Å². The predicted octanol–water partition coefficient (Wildman–Crippen LogP) is 2.36. The van der Waals surface area contributed by atoms with Gasteiger partial charge in [0.15, 0.2) is 0 Å². The Morgan fingerprint density at radius 2 is 1.00 bits per heavy atom. The van der Waals surface area contributed by atoms with Crippen LogP contribution in [0, 0.1) is 0 Å². The third-order valence-corrected chi connectivity index (χ3v) is 3.89. The zero-order chi connectivity index (χ0) is 10.7. The fraction of sp³-hybridized carbons (Fsp3) is 0. The largest absolute Gasteiger partial charge is 2.00 e. The first-order valence-corrected chi connectivity index (χ1v) is 6.05. The maximum atomic E-state index is 12.0. The Bertz CT molecular complexity index is 499. The molecular formula is C12H12CaO2S. The number of hydrogen-bond donors (Lipinski definition) is 0. The van der Waals surface area contributed by atoms with E-state index >= 15 is 0 Å². The Labute approximate surface area is 128 Å². The molecule has 2 aromatic carbocycles. The van der Waals surface area contributed by atoms with Gasteiger partial charge >= 0.3 is 37.7 Å². The van der Waals surface area contributed by atoms with Crippen molar-refractivity contribution in [3.05, 3.63) is 60.7 Å². The van der Waals surface area contributed by atoms with Crippen molar-refractivity contribution in [2.75, 3.05) is 0 Å². The Morgan fingerprint density at radius 3 is 1.31 bits per heavy atom. The van der Waals surface area contributed by atoms with E-state index in [0.29, 0.717) is 9.79 Å². The average Bonchev–Trinajstić information content (AvgIpc) is 2.31. The van der Waals surface area contributed by atoms with Crippen molar-refractivity contribution in [2.45, 2.75) is 9.79 Å². The van der Waals surface area contributed by atoms with Crippen LogP contribution in [0.15, 0.2) is 70.5 Å². The molecule has 0 saturated carbocycles. The molecule has 0 saturated heterocycles. The quantitative estimate of drug-likeness (QED) is 0.777. The van der Waals surface area contributed by atoms with E-state index in [1.54, 1.807) is 60.7 Å². The van der Waals surface area contributed by atoms with E-state index in [1.807, 2.05) is 0 Å². The van der Waals surface area contributed by atoms with E-state index < -0.39 is 9.84 Å². The van der Waals surface area contributed by atoms with Gasteiger partial charge in [0.2, 0.25) is 9.84 Å². The molecule has 0 heterocycles. The fourth-order valence-electron chi connectivity index (χ4n) is 1.34. The van der Waals surface area contributed by atoms with Crippen molar-refractivity contribution in [3.8, 4) is 0 Å². The summed E-state index contributed by atoms with van der Waals surface area (Å²) < 4.78 is 24.1. The molecule has 0 unspecified atom stereocenters. The summed E-state index contributed by atoms with van der Waals surface area (Å²) in [6.07, 6.45) is 0. The van der Waals surface area contributed by atoms with Crippen LogP contribution in [0.1, 0.15) is 2.85 Å². The van der Waals surface area contributed by atoms with Gasteiger partial charge in [0, 0.05) is 0 Å². The summed E-state index contributed by atoms with van der Waals surface area (Å²) in [5.41, 5.74) is 0. The number of hydrogen-bond acceptors (Lipinski definition) is 2. The second-order valence-electron chi connectivity index (χ2n) is 3.13. The van der Waals surface area contributed by atoms with Crippen molar-refractivity contribution >= 4 is 47.6 Å². The molecule has 4 heteroatoms. The summed E-state index contributed by atoms with van der Waals surface area (Å²) in [4.78, 5) is 0.660. The van der Waals surface area contributed by atoms with Gasteiger partial charge in [0.1, 0.15) is 0 Å². The van der Waals surface area contributed by atoms with Gasteiger partial charge in [-0.15, -0.1) is 0 Å². The van der Waals surface area contributed by atoms with Crippen molar-refractivity contribution in [1.29, 1.82) is 0 Å². The Kier molecular flexibility index (Phi) is 4.99. The summed E-state index contributed by atoms with van der Waals surface area (Å²) in [5, 5.41) is 0. The third-order valence-electron chi connectivity index (χ3n) is 2.11. The molecule has 0 fully saturated rings. The molecule has 0 aromatic heterocycles. The molecule has 0 aliphatic carbocycles. The summed E-state index contributed by atoms with van der Waals surface area (Å²) in [7, 11) is -3.34. The minimum Gasteiger partial charge on any atom is -1.00 e. The van der Waals surface area contributed by atoms with Gasteiger partial charge in [-0.25, -0.2) is 8.42 Å². The Morgan fingerprint density at radius 1 is 0.688 bits per heavy atom. The van der Waals surface area contributed by atoms with E-state index in [4.69, 9.17) is 0 Å². The van der Waals surface area contributed by atoms with Crippen LogP contribution >= 0.6 is 0 Å². The number of sulfone groups is 1. The number of rotatable bonds is 2. The SMILES string of the molecule is O=S(=O)(c1ccccc1)c1ccccc1.[Ca+2].[H-].[H-]. The maximum Gasteiger partial charge on any atom is 2.00 e. The van der Waals surface area contributed by atoms with Crippen LogP contribution in [0.3, 0.4) is 0 Å². The van der Waals surface area contributed by atoms with Gasteiger partial charge in [0.05, 0.1) is 9.79 Å². The predicted molar refractivity (Wildman–Crippen MR) is 66.3 cm³/mol. The Hall–Kier alpha value is -0.350. The van der Waals surface area contributed by atoms with Crippen LogP contribution in [-0.2, 0) is 9.84 Å². The van der Waals surface area contributed by atoms with E-state index in [-0.39, 0.29) is 40.6 Å². The minimum atomic E-state index is -3.34. The van der Waals surface area contributed by atoms with E-state index in [9.17, 15) is 8.42 Å². The average molecular weight is 260 g/mol. The molecule has 2 rings (SSSR count). The molecule has 16 heavy (non-hydrogen) atoms. The molecule has 0 spiro atoms. The molecular weight excluding hydrogens is 248 g/mol. The standard InChI is InChI=1S/C12H10O2S.Ca.2H/c13-15(14,11-7-3-1-4-8-11)12-9-5-2-6-10-12;;;/h1-10H;;;/q;+2;2*-1. The van der Waals surface area contributed by atoms with Gasteiger partial charge in [-0.1, -0.05) is 36.4 Å². The zero-order valence-corrected chi connectivity index (χ0v) is 11.7. The van der Waals surface area contributed by atoms with Crippen molar-refractivity contribution < 1.29 is 11.3 Å². The second kappa shape index (κ2) is 5.82. The smallest absolute Gasteiger partial charge is 1.00 e. The topological polar surface area (TPSA) is 34.1 Å². The molecule has 2 aromatic rings. The maximum absolute atomic E-state index is 12.0. The first-order valence-electron chi connectivity index (χ1n) is 4.56. The third kappa shape index (κ3) is 2.86. The van der Waals surface area contributed by atoms with Gasteiger partial charge < -0.3 is 2.85 Å². The van der Waals surface area contributed by atoms with Crippen LogP contribution in [0.25, 0.3) is 0 Å². The van der Waals surface area contributed by atoms with Crippen LogP contribution in [-0.4, -0.2) is 46.2 Å². The van der Waals surface area contributed by atoms with Gasteiger partial charge in [-0.2, -0.15) is 0 Å². The summed E-state index contributed by atoms with van der Waals surface area (Å²) in [5.74, 6) is 0. The minimum absolute atomic E-state index is 0.